The Morgan fingerprint density at radius 3 is 2.14 bits per heavy atom. The van der Waals surface area contributed by atoms with Crippen molar-refractivity contribution in [1.82, 2.24) is 9.63 Å². The fourth-order valence-corrected chi connectivity index (χ4v) is 4.83. The Bertz CT molecular complexity index is 1650. The van der Waals surface area contributed by atoms with Crippen LogP contribution in [0.3, 0.4) is 0 Å². The Labute approximate surface area is 247 Å². The smallest absolute Gasteiger partial charge is 0.294 e. The maximum Gasteiger partial charge on any atom is 0.294 e. The highest BCUT2D eigenvalue weighted by Crippen LogP contribution is 2.28. The summed E-state index contributed by atoms with van der Waals surface area (Å²) in [5.41, 5.74) is 2.63. The minimum absolute atomic E-state index is 0.0303. The molecule has 1 heterocycles. The Hall–Kier alpha value is -5.29. The van der Waals surface area contributed by atoms with Gasteiger partial charge in [0.1, 0.15) is 25.9 Å². The van der Waals surface area contributed by atoms with Crippen LogP contribution in [0.5, 0.6) is 11.5 Å². The van der Waals surface area contributed by atoms with Crippen LogP contribution in [-0.4, -0.2) is 65.2 Å². The highest BCUT2D eigenvalue weighted by Gasteiger charge is 2.21. The van der Waals surface area contributed by atoms with Crippen LogP contribution >= 0.6 is 0 Å². The minimum Gasteiger partial charge on any atom is -0.493 e. The normalized spacial score (nSPS) is 11.7. The second-order valence-corrected chi connectivity index (χ2v) is 9.72. The van der Waals surface area contributed by atoms with Gasteiger partial charge >= 0.3 is 0 Å². The van der Waals surface area contributed by atoms with Gasteiger partial charge in [-0.25, -0.2) is 0 Å². The van der Waals surface area contributed by atoms with Gasteiger partial charge in [0.2, 0.25) is 0 Å². The lowest BCUT2D eigenvalue weighted by Gasteiger charge is -2.26. The first-order chi connectivity index (χ1) is 20.9. The highest BCUT2D eigenvalue weighted by molar-refractivity contribution is 6.07. The summed E-state index contributed by atoms with van der Waals surface area (Å²) < 4.78 is 12.9. The Morgan fingerprint density at radius 2 is 1.51 bits per heavy atom. The van der Waals surface area contributed by atoms with Gasteiger partial charge in [0.15, 0.2) is 11.5 Å². The molecule has 1 N–H and O–H groups in total. The van der Waals surface area contributed by atoms with Crippen LogP contribution in [0, 0.1) is 10.1 Å². The molecule has 5 aromatic rings. The summed E-state index contributed by atoms with van der Waals surface area (Å²) in [7, 11) is 1.55. The molecular formula is C32H31N3O8. The summed E-state index contributed by atoms with van der Waals surface area (Å²) in [6, 6.07) is 29.2. The van der Waals surface area contributed by atoms with Crippen LogP contribution in [0.1, 0.15) is 15.9 Å². The van der Waals surface area contributed by atoms with E-state index in [-0.39, 0.29) is 38.8 Å². The molecule has 0 bridgehead atoms. The predicted molar refractivity (Wildman–Crippen MR) is 160 cm³/mol. The van der Waals surface area contributed by atoms with E-state index in [1.165, 1.54) is 4.90 Å². The second kappa shape index (κ2) is 13.6. The summed E-state index contributed by atoms with van der Waals surface area (Å²) in [6.07, 6.45) is -1.03. The van der Waals surface area contributed by atoms with Crippen LogP contribution in [0.15, 0.2) is 97.1 Å². The predicted octanol–water partition coefficient (Wildman–Crippen LogP) is 4.52. The van der Waals surface area contributed by atoms with Gasteiger partial charge in [0.25, 0.3) is 11.0 Å². The lowest BCUT2D eigenvalue weighted by atomic mass is 10.1. The summed E-state index contributed by atoms with van der Waals surface area (Å²) in [5.74, 6) is 0.747. The van der Waals surface area contributed by atoms with Crippen molar-refractivity contribution in [3.63, 3.8) is 0 Å². The Kier molecular flexibility index (Phi) is 9.23. The number of amides is 1. The molecule has 0 aliphatic heterocycles. The summed E-state index contributed by atoms with van der Waals surface area (Å²) >= 11 is 0. The van der Waals surface area contributed by atoms with Gasteiger partial charge in [-0.3, -0.25) is 4.79 Å². The van der Waals surface area contributed by atoms with Gasteiger partial charge in [-0.2, -0.15) is 4.73 Å². The van der Waals surface area contributed by atoms with Crippen LogP contribution < -0.4 is 14.3 Å². The van der Waals surface area contributed by atoms with Crippen LogP contribution in [0.4, 0.5) is 0 Å². The molecule has 0 aliphatic rings. The van der Waals surface area contributed by atoms with Gasteiger partial charge in [-0.05, 0) is 42.0 Å². The summed E-state index contributed by atoms with van der Waals surface area (Å²) in [6.45, 7) is -0.0258. The molecule has 0 saturated carbocycles. The van der Waals surface area contributed by atoms with Gasteiger partial charge in [-0.15, -0.1) is 10.1 Å². The first-order valence-corrected chi connectivity index (χ1v) is 13.7. The summed E-state index contributed by atoms with van der Waals surface area (Å²) in [5, 5.41) is 22.8. The third kappa shape index (κ3) is 6.96. The standard InChI is InChI=1S/C32H31N3O8/c1-40-30-12-6-7-13-31(30)41-19-18-33(32(37)24-16-14-23(15-17-24)21-43-35(38)39)20-25(36)22-42-34-28-10-4-2-8-26(28)27-9-3-5-11-29(27)34/h2-17,25,36H,18-22H2,1H3. The van der Waals surface area contributed by atoms with Crippen molar-refractivity contribution in [3.05, 3.63) is 118 Å². The molecular weight excluding hydrogens is 554 g/mol. The molecule has 0 fully saturated rings. The zero-order valence-electron chi connectivity index (χ0n) is 23.5. The SMILES string of the molecule is COc1ccccc1OCCN(CC(O)COn1c2ccccc2c2ccccc21)C(=O)c1ccc(CO[N+](=O)[O-])cc1. The van der Waals surface area contributed by atoms with E-state index >= 15 is 0 Å². The second-order valence-electron chi connectivity index (χ2n) is 9.72. The van der Waals surface area contributed by atoms with Gasteiger partial charge < -0.3 is 29.2 Å². The number of hydrogen-bond donors (Lipinski definition) is 1. The number of ether oxygens (including phenoxy) is 2. The van der Waals surface area contributed by atoms with Crippen LogP contribution in [0.2, 0.25) is 0 Å². The third-order valence-electron chi connectivity index (χ3n) is 6.88. The molecule has 5 rings (SSSR count). The lowest BCUT2D eigenvalue weighted by Crippen LogP contribution is -2.42. The molecule has 222 valence electrons. The zero-order chi connectivity index (χ0) is 30.2. The van der Waals surface area contributed by atoms with Crippen LogP contribution in [-0.2, 0) is 11.4 Å². The Balaban J connectivity index is 1.30. The molecule has 0 radical (unpaired) electrons. The van der Waals surface area contributed by atoms with E-state index in [1.807, 2.05) is 60.7 Å². The summed E-state index contributed by atoms with van der Waals surface area (Å²) in [4.78, 5) is 36.0. The van der Waals surface area contributed by atoms with Crippen molar-refractivity contribution in [2.75, 3.05) is 33.4 Å². The van der Waals surface area contributed by atoms with Gasteiger partial charge in [-0.1, -0.05) is 60.7 Å². The zero-order valence-corrected chi connectivity index (χ0v) is 23.5. The molecule has 0 spiro atoms. The monoisotopic (exact) mass is 585 g/mol. The molecule has 1 amide bonds. The number of para-hydroxylation sites is 4. The van der Waals surface area contributed by atoms with E-state index < -0.39 is 11.2 Å². The number of rotatable bonds is 14. The maximum atomic E-state index is 13.6. The number of methoxy groups -OCH3 is 1. The lowest BCUT2D eigenvalue weighted by molar-refractivity contribution is -0.763. The third-order valence-corrected chi connectivity index (χ3v) is 6.88. The number of benzene rings is 4. The highest BCUT2D eigenvalue weighted by atomic mass is 16.9. The van der Waals surface area contributed by atoms with E-state index in [0.717, 1.165) is 21.8 Å². The molecule has 1 aromatic heterocycles. The molecule has 43 heavy (non-hydrogen) atoms. The van der Waals surface area contributed by atoms with Gasteiger partial charge in [0.05, 0.1) is 31.2 Å². The number of carbonyl (C=O) groups is 1. The van der Waals surface area contributed by atoms with Crippen molar-refractivity contribution >= 4 is 27.7 Å². The maximum absolute atomic E-state index is 13.6. The van der Waals surface area contributed by atoms with Crippen molar-refractivity contribution in [3.8, 4) is 11.5 Å². The average Bonchev–Trinajstić information content (AvgIpc) is 3.36. The van der Waals surface area contributed by atoms with Crippen molar-refractivity contribution in [1.29, 1.82) is 0 Å². The number of nitrogens with zero attached hydrogens (tertiary/aromatic N) is 3. The Morgan fingerprint density at radius 1 is 0.907 bits per heavy atom. The number of aliphatic hydroxyl groups excluding tert-OH is 1. The van der Waals surface area contributed by atoms with E-state index in [1.54, 1.807) is 48.2 Å². The number of aromatic nitrogens is 1. The quantitative estimate of drug-likeness (QED) is 0.149. The fraction of sp³-hybridized carbons (Fsp3) is 0.219. The minimum atomic E-state index is -1.03. The largest absolute Gasteiger partial charge is 0.493 e. The first-order valence-electron chi connectivity index (χ1n) is 13.7. The molecule has 1 unspecified atom stereocenters. The van der Waals surface area contributed by atoms with Crippen molar-refractivity contribution in [2.24, 2.45) is 0 Å². The molecule has 0 aliphatic carbocycles. The molecule has 1 atom stereocenters. The average molecular weight is 586 g/mol. The number of carbonyl (C=O) groups excluding carboxylic acids is 1. The van der Waals surface area contributed by atoms with Crippen molar-refractivity contribution in [2.45, 2.75) is 12.7 Å². The number of aliphatic hydroxyl groups is 1. The number of hydrogen-bond acceptors (Lipinski definition) is 8. The molecule has 4 aromatic carbocycles. The number of fused-ring (bicyclic) bond motifs is 3. The molecule has 11 nitrogen and oxygen atoms in total. The van der Waals surface area contributed by atoms with Gasteiger partial charge in [0, 0.05) is 16.3 Å². The first kappa shape index (κ1) is 29.2. The van der Waals surface area contributed by atoms with E-state index in [0.29, 0.717) is 22.6 Å². The van der Waals surface area contributed by atoms with E-state index in [4.69, 9.17) is 14.3 Å². The van der Waals surface area contributed by atoms with Crippen molar-refractivity contribution < 1.29 is 34.1 Å². The fourth-order valence-electron chi connectivity index (χ4n) is 4.83. The molecule has 0 saturated heterocycles. The van der Waals surface area contributed by atoms with E-state index in [2.05, 4.69) is 4.84 Å². The topological polar surface area (TPSA) is 126 Å². The molecule has 11 heteroatoms. The van der Waals surface area contributed by atoms with Crippen LogP contribution in [0.25, 0.3) is 21.8 Å². The van der Waals surface area contributed by atoms with E-state index in [9.17, 15) is 20.0 Å².